The minimum Gasteiger partial charge on any atom is -0.466 e. The number of benzene rings is 1. The van der Waals surface area contributed by atoms with E-state index >= 15 is 0 Å². The van der Waals surface area contributed by atoms with Crippen LogP contribution in [0, 0.1) is 29.9 Å². The van der Waals surface area contributed by atoms with Crippen LogP contribution in [0.3, 0.4) is 0 Å². The Labute approximate surface area is 168 Å². The monoisotopic (exact) mass is 405 g/mol. The molecule has 1 fully saturated rings. The van der Waals surface area contributed by atoms with Gasteiger partial charge in [-0.3, -0.25) is 19.8 Å². The fraction of sp³-hybridized carbons (Fsp3) is 0.450. The van der Waals surface area contributed by atoms with E-state index in [2.05, 4.69) is 16.3 Å². The zero-order valence-electron chi connectivity index (χ0n) is 16.0. The van der Waals surface area contributed by atoms with Crippen LogP contribution in [0.15, 0.2) is 28.7 Å². The van der Waals surface area contributed by atoms with Crippen molar-refractivity contribution in [2.75, 3.05) is 19.6 Å². The molecule has 1 aromatic heterocycles. The van der Waals surface area contributed by atoms with Crippen molar-refractivity contribution in [2.45, 2.75) is 33.2 Å². The highest BCUT2D eigenvalue weighted by Gasteiger charge is 2.22. The van der Waals surface area contributed by atoms with Gasteiger partial charge in [0.2, 0.25) is 0 Å². The Balaban J connectivity index is 1.47. The molecule has 1 N–H and O–H groups in total. The number of nitro benzene ring substituents is 1. The third-order valence-electron chi connectivity index (χ3n) is 5.20. The molecule has 0 saturated carbocycles. The molecule has 0 atom stereocenters. The number of rotatable bonds is 6. The van der Waals surface area contributed by atoms with E-state index < -0.39 is 4.92 Å². The number of nitrogens with zero attached hydrogens (tertiary/aromatic N) is 2. The maximum Gasteiger partial charge on any atom is 0.270 e. The fourth-order valence-electron chi connectivity index (χ4n) is 3.56. The van der Waals surface area contributed by atoms with E-state index in [1.807, 2.05) is 13.8 Å². The van der Waals surface area contributed by atoms with Gasteiger partial charge in [-0.05, 0) is 57.8 Å². The number of hydrogen-bond acceptors (Lipinski definition) is 5. The normalized spacial score (nSPS) is 15.5. The first kappa shape index (κ1) is 20.4. The summed E-state index contributed by atoms with van der Waals surface area (Å²) in [7, 11) is 0. The number of furan rings is 1. The Morgan fingerprint density at radius 2 is 2.04 bits per heavy atom. The largest absolute Gasteiger partial charge is 0.466 e. The van der Waals surface area contributed by atoms with Gasteiger partial charge in [-0.2, -0.15) is 0 Å². The fourth-order valence-corrected chi connectivity index (χ4v) is 3.82. The van der Waals surface area contributed by atoms with Crippen molar-refractivity contribution >= 4 is 23.2 Å². The van der Waals surface area contributed by atoms with Crippen molar-refractivity contribution in [3.8, 4) is 0 Å². The van der Waals surface area contributed by atoms with Crippen LogP contribution in [0.4, 0.5) is 5.69 Å². The lowest BCUT2D eigenvalue weighted by Gasteiger charge is -2.31. The van der Waals surface area contributed by atoms with Gasteiger partial charge in [-0.15, -0.1) is 0 Å². The first-order chi connectivity index (χ1) is 13.3. The van der Waals surface area contributed by atoms with Crippen LogP contribution < -0.4 is 5.32 Å². The second-order valence-corrected chi connectivity index (χ2v) is 7.70. The maximum atomic E-state index is 12.3. The summed E-state index contributed by atoms with van der Waals surface area (Å²) in [6.07, 6.45) is 2.01. The lowest BCUT2D eigenvalue weighted by molar-refractivity contribution is -0.384. The summed E-state index contributed by atoms with van der Waals surface area (Å²) in [6, 6.07) is 5.98. The Hall–Kier alpha value is -2.38. The van der Waals surface area contributed by atoms with Crippen molar-refractivity contribution < 1.29 is 14.1 Å². The summed E-state index contributed by atoms with van der Waals surface area (Å²) < 4.78 is 5.59. The summed E-state index contributed by atoms with van der Waals surface area (Å²) in [4.78, 5) is 25.0. The minimum atomic E-state index is -0.534. The van der Waals surface area contributed by atoms with Gasteiger partial charge < -0.3 is 9.73 Å². The molecule has 7 nitrogen and oxygen atoms in total. The summed E-state index contributed by atoms with van der Waals surface area (Å²) in [6.45, 7) is 7.37. The van der Waals surface area contributed by atoms with Crippen molar-refractivity contribution in [2.24, 2.45) is 5.92 Å². The average Bonchev–Trinajstić information content (AvgIpc) is 2.97. The van der Waals surface area contributed by atoms with Crippen LogP contribution in [-0.4, -0.2) is 35.4 Å². The molecule has 8 heteroatoms. The molecular weight excluding hydrogens is 382 g/mol. The van der Waals surface area contributed by atoms with Crippen LogP contribution in [0.1, 0.15) is 40.3 Å². The molecule has 0 unspecified atom stereocenters. The van der Waals surface area contributed by atoms with Crippen LogP contribution in [0.25, 0.3) is 0 Å². The lowest BCUT2D eigenvalue weighted by Crippen LogP contribution is -2.38. The first-order valence-corrected chi connectivity index (χ1v) is 9.71. The van der Waals surface area contributed by atoms with Gasteiger partial charge in [0, 0.05) is 30.8 Å². The van der Waals surface area contributed by atoms with Gasteiger partial charge >= 0.3 is 0 Å². The molecule has 1 aliphatic rings. The number of likely N-dealkylation sites (tertiary alicyclic amines) is 1. The van der Waals surface area contributed by atoms with Gasteiger partial charge in [0.15, 0.2) is 0 Å². The molecule has 150 valence electrons. The summed E-state index contributed by atoms with van der Waals surface area (Å²) in [5.74, 6) is 2.03. The maximum absolute atomic E-state index is 12.3. The van der Waals surface area contributed by atoms with Gasteiger partial charge in [0.05, 0.1) is 15.5 Å². The number of carbonyl (C=O) groups excluding carboxylic acids is 1. The highest BCUT2D eigenvalue weighted by Crippen LogP contribution is 2.24. The van der Waals surface area contributed by atoms with E-state index in [1.165, 1.54) is 23.8 Å². The van der Waals surface area contributed by atoms with Gasteiger partial charge in [0.1, 0.15) is 11.5 Å². The highest BCUT2D eigenvalue weighted by atomic mass is 35.5. The smallest absolute Gasteiger partial charge is 0.270 e. The molecule has 0 radical (unpaired) electrons. The number of hydrogen-bond donors (Lipinski definition) is 1. The number of amides is 1. The van der Waals surface area contributed by atoms with E-state index in [1.54, 1.807) is 0 Å². The number of piperidine rings is 1. The molecular formula is C20H24ClN3O4. The highest BCUT2D eigenvalue weighted by molar-refractivity contribution is 6.34. The summed E-state index contributed by atoms with van der Waals surface area (Å²) in [5, 5.41) is 13.8. The Bertz CT molecular complexity index is 872. The van der Waals surface area contributed by atoms with Gasteiger partial charge in [0.25, 0.3) is 11.6 Å². The number of nitro groups is 1. The molecule has 1 saturated heterocycles. The molecule has 1 amide bonds. The van der Waals surface area contributed by atoms with Crippen LogP contribution in [0.5, 0.6) is 0 Å². The van der Waals surface area contributed by atoms with E-state index in [0.29, 0.717) is 12.5 Å². The van der Waals surface area contributed by atoms with Crippen LogP contribution >= 0.6 is 11.6 Å². The predicted molar refractivity (Wildman–Crippen MR) is 107 cm³/mol. The van der Waals surface area contributed by atoms with Gasteiger partial charge in [-0.1, -0.05) is 11.6 Å². The zero-order chi connectivity index (χ0) is 20.3. The molecule has 28 heavy (non-hydrogen) atoms. The lowest BCUT2D eigenvalue weighted by atomic mass is 9.96. The second kappa shape index (κ2) is 8.75. The van der Waals surface area contributed by atoms with Crippen molar-refractivity contribution in [3.05, 3.63) is 62.0 Å². The van der Waals surface area contributed by atoms with Crippen molar-refractivity contribution in [3.63, 3.8) is 0 Å². The third kappa shape index (κ3) is 4.91. The zero-order valence-corrected chi connectivity index (χ0v) is 16.8. The van der Waals surface area contributed by atoms with Crippen molar-refractivity contribution in [1.29, 1.82) is 0 Å². The number of nitrogens with one attached hydrogen (secondary N) is 1. The summed E-state index contributed by atoms with van der Waals surface area (Å²) in [5.41, 5.74) is 1.37. The van der Waals surface area contributed by atoms with E-state index in [9.17, 15) is 14.9 Å². The van der Waals surface area contributed by atoms with Gasteiger partial charge in [-0.25, -0.2) is 0 Å². The van der Waals surface area contributed by atoms with E-state index in [0.717, 1.165) is 44.0 Å². The second-order valence-electron chi connectivity index (χ2n) is 7.29. The number of carbonyl (C=O) groups is 1. The molecule has 1 aliphatic heterocycles. The number of non-ortho nitro benzene ring substituents is 1. The average molecular weight is 406 g/mol. The first-order valence-electron chi connectivity index (χ1n) is 9.34. The van der Waals surface area contributed by atoms with E-state index in [-0.39, 0.29) is 22.2 Å². The minimum absolute atomic E-state index is 0.0901. The quantitative estimate of drug-likeness (QED) is 0.577. The predicted octanol–water partition coefficient (Wildman–Crippen LogP) is 4.10. The van der Waals surface area contributed by atoms with Crippen molar-refractivity contribution in [1.82, 2.24) is 10.2 Å². The van der Waals surface area contributed by atoms with Crippen LogP contribution in [-0.2, 0) is 6.54 Å². The van der Waals surface area contributed by atoms with Crippen LogP contribution in [0.2, 0.25) is 5.02 Å². The number of aryl methyl sites for hydroxylation is 2. The Morgan fingerprint density at radius 1 is 1.32 bits per heavy atom. The topological polar surface area (TPSA) is 88.6 Å². The number of halogens is 1. The molecule has 2 heterocycles. The molecule has 0 aliphatic carbocycles. The third-order valence-corrected chi connectivity index (χ3v) is 5.52. The standard InChI is InChI=1S/C20H24ClN3O4/c1-13-9-16(14(2)28-13)12-23-7-5-15(6-8-23)11-22-20(25)18-4-3-17(24(26)27)10-19(18)21/h3-4,9-10,15H,5-8,11-12H2,1-2H3,(H,22,25). The van der Waals surface area contributed by atoms with E-state index in [4.69, 9.17) is 16.0 Å². The molecule has 1 aromatic carbocycles. The SMILES string of the molecule is Cc1cc(CN2CCC(CNC(=O)c3ccc([N+](=O)[O-])cc3Cl)CC2)c(C)o1. The molecule has 2 aromatic rings. The molecule has 0 bridgehead atoms. The molecule has 0 spiro atoms. The molecule has 3 rings (SSSR count). The Kier molecular flexibility index (Phi) is 6.36. The Morgan fingerprint density at radius 3 is 2.61 bits per heavy atom. The summed E-state index contributed by atoms with van der Waals surface area (Å²) >= 11 is 6.02.